The zero-order valence-corrected chi connectivity index (χ0v) is 11.8. The maximum absolute atomic E-state index is 12.7. The number of carbonyl (C=O) groups excluding carboxylic acids is 4. The van der Waals surface area contributed by atoms with Crippen LogP contribution in [0.5, 0.6) is 0 Å². The highest BCUT2D eigenvalue weighted by atomic mass is 16.2. The van der Waals surface area contributed by atoms with E-state index in [0.29, 0.717) is 22.6 Å². The second kappa shape index (κ2) is 4.67. The maximum atomic E-state index is 12.7. The highest BCUT2D eigenvalue weighted by Gasteiger charge is 2.42. The van der Waals surface area contributed by atoms with E-state index in [9.17, 15) is 19.2 Å². The summed E-state index contributed by atoms with van der Waals surface area (Å²) in [6, 6.07) is 4.15. The fourth-order valence-electron chi connectivity index (χ4n) is 3.09. The van der Waals surface area contributed by atoms with Crippen LogP contribution in [0, 0.1) is 0 Å². The number of benzene rings is 1. The first kappa shape index (κ1) is 13.5. The van der Waals surface area contributed by atoms with E-state index in [1.54, 1.807) is 18.2 Å². The quantitative estimate of drug-likeness (QED) is 0.627. The lowest BCUT2D eigenvalue weighted by Gasteiger charge is -2.29. The molecule has 1 N–H and O–H groups in total. The van der Waals surface area contributed by atoms with Crippen LogP contribution in [-0.2, 0) is 9.59 Å². The van der Waals surface area contributed by atoms with Crippen LogP contribution < -0.4 is 10.2 Å². The molecular weight excluding hydrogens is 300 g/mol. The van der Waals surface area contributed by atoms with E-state index in [1.165, 1.54) is 4.90 Å². The van der Waals surface area contributed by atoms with Crippen LogP contribution in [0.25, 0.3) is 10.8 Å². The molecule has 1 atom stereocenters. The Bertz CT molecular complexity index is 908. The number of hydrogen-bond acceptors (Lipinski definition) is 6. The molecule has 114 valence electrons. The molecule has 0 aliphatic carbocycles. The highest BCUT2D eigenvalue weighted by molar-refractivity contribution is 6.27. The lowest BCUT2D eigenvalue weighted by Crippen LogP contribution is -2.53. The molecule has 8 nitrogen and oxygen atoms in total. The third kappa shape index (κ3) is 1.78. The molecule has 8 heteroatoms. The maximum Gasteiger partial charge on any atom is 0.261 e. The van der Waals surface area contributed by atoms with Gasteiger partial charge in [0.25, 0.3) is 5.91 Å². The number of aromatic nitrogens is 2. The molecule has 1 fully saturated rings. The first-order valence-electron chi connectivity index (χ1n) is 7.03. The second-order valence-electron chi connectivity index (χ2n) is 5.40. The molecule has 4 rings (SSSR count). The van der Waals surface area contributed by atoms with Gasteiger partial charge in [-0.15, -0.1) is 10.2 Å². The number of piperidine rings is 1. The third-order valence-corrected chi connectivity index (χ3v) is 4.13. The number of amides is 3. The summed E-state index contributed by atoms with van der Waals surface area (Å²) in [6.07, 6.45) is 0.956. The van der Waals surface area contributed by atoms with Crippen molar-refractivity contribution in [3.05, 3.63) is 29.5 Å². The van der Waals surface area contributed by atoms with E-state index < -0.39 is 11.9 Å². The van der Waals surface area contributed by atoms with E-state index in [0.717, 1.165) is 0 Å². The van der Waals surface area contributed by atoms with Gasteiger partial charge >= 0.3 is 0 Å². The minimum Gasteiger partial charge on any atom is -0.296 e. The average Bonchev–Trinajstić information content (AvgIpc) is 2.83. The molecule has 1 aromatic heterocycles. The van der Waals surface area contributed by atoms with Crippen molar-refractivity contribution < 1.29 is 19.2 Å². The summed E-state index contributed by atoms with van der Waals surface area (Å²) in [5, 5.41) is 11.1. The van der Waals surface area contributed by atoms with Crippen molar-refractivity contribution in [3.63, 3.8) is 0 Å². The second-order valence-corrected chi connectivity index (χ2v) is 5.40. The minimum absolute atomic E-state index is 0.142. The van der Waals surface area contributed by atoms with Crippen molar-refractivity contribution in [2.24, 2.45) is 0 Å². The molecule has 0 bridgehead atoms. The molecule has 1 aromatic carbocycles. The highest BCUT2D eigenvalue weighted by Crippen LogP contribution is 2.38. The molecule has 2 aliphatic rings. The van der Waals surface area contributed by atoms with Crippen LogP contribution in [-0.4, -0.2) is 40.2 Å². The Morgan fingerprint density at radius 2 is 2.04 bits per heavy atom. The Morgan fingerprint density at radius 3 is 2.78 bits per heavy atom. The van der Waals surface area contributed by atoms with Gasteiger partial charge in [0.2, 0.25) is 11.8 Å². The summed E-state index contributed by atoms with van der Waals surface area (Å²) in [5.74, 6) is -1.02. The van der Waals surface area contributed by atoms with Gasteiger partial charge in [-0.2, -0.15) is 0 Å². The molecule has 1 unspecified atom stereocenters. The predicted molar refractivity (Wildman–Crippen MR) is 77.9 cm³/mol. The van der Waals surface area contributed by atoms with Gasteiger partial charge in [-0.3, -0.25) is 29.4 Å². The number of nitrogens with one attached hydrogen (secondary N) is 1. The van der Waals surface area contributed by atoms with Crippen molar-refractivity contribution in [3.8, 4) is 0 Å². The van der Waals surface area contributed by atoms with Gasteiger partial charge in [0, 0.05) is 17.2 Å². The summed E-state index contributed by atoms with van der Waals surface area (Å²) in [6.45, 7) is 0. The number of carbonyl (C=O) groups is 4. The van der Waals surface area contributed by atoms with Gasteiger partial charge in [0.1, 0.15) is 11.7 Å². The topological polar surface area (TPSA) is 109 Å². The Kier molecular flexibility index (Phi) is 2.74. The number of aldehydes is 1. The van der Waals surface area contributed by atoms with E-state index in [1.807, 2.05) is 0 Å². The molecule has 23 heavy (non-hydrogen) atoms. The van der Waals surface area contributed by atoms with Gasteiger partial charge in [-0.1, -0.05) is 12.1 Å². The van der Waals surface area contributed by atoms with Crippen LogP contribution in [0.4, 0.5) is 5.82 Å². The number of nitrogens with zero attached hydrogens (tertiary/aromatic N) is 3. The van der Waals surface area contributed by atoms with Crippen molar-refractivity contribution in [2.75, 3.05) is 4.90 Å². The van der Waals surface area contributed by atoms with Crippen molar-refractivity contribution in [1.82, 2.24) is 15.5 Å². The molecule has 2 aliphatic heterocycles. The smallest absolute Gasteiger partial charge is 0.261 e. The lowest BCUT2D eigenvalue weighted by molar-refractivity contribution is -0.134. The Hall–Kier alpha value is -3.16. The fraction of sp³-hybridized carbons (Fsp3) is 0.200. The zero-order valence-electron chi connectivity index (χ0n) is 11.8. The molecule has 0 saturated carbocycles. The van der Waals surface area contributed by atoms with Crippen molar-refractivity contribution in [2.45, 2.75) is 18.9 Å². The van der Waals surface area contributed by atoms with E-state index in [2.05, 4.69) is 15.5 Å². The molecule has 0 spiro atoms. The van der Waals surface area contributed by atoms with Gasteiger partial charge < -0.3 is 0 Å². The largest absolute Gasteiger partial charge is 0.296 e. The molecule has 3 heterocycles. The normalized spacial score (nSPS) is 20.1. The molecule has 3 amide bonds. The first-order chi connectivity index (χ1) is 11.1. The van der Waals surface area contributed by atoms with Crippen LogP contribution in [0.3, 0.4) is 0 Å². The minimum atomic E-state index is -0.813. The monoisotopic (exact) mass is 310 g/mol. The molecular formula is C15H10N4O4. The van der Waals surface area contributed by atoms with E-state index in [4.69, 9.17) is 0 Å². The third-order valence-electron chi connectivity index (χ3n) is 4.13. The Balaban J connectivity index is 1.90. The van der Waals surface area contributed by atoms with Crippen LogP contribution in [0.2, 0.25) is 0 Å². The van der Waals surface area contributed by atoms with Gasteiger partial charge in [0.05, 0.1) is 5.56 Å². The molecule has 1 saturated heterocycles. The summed E-state index contributed by atoms with van der Waals surface area (Å²) in [4.78, 5) is 48.5. The van der Waals surface area contributed by atoms with Gasteiger partial charge in [0.15, 0.2) is 12.1 Å². The summed E-state index contributed by atoms with van der Waals surface area (Å²) >= 11 is 0. The zero-order chi connectivity index (χ0) is 16.1. The summed E-state index contributed by atoms with van der Waals surface area (Å²) in [7, 11) is 0. The average molecular weight is 310 g/mol. The van der Waals surface area contributed by atoms with Crippen LogP contribution >= 0.6 is 0 Å². The van der Waals surface area contributed by atoms with Crippen LogP contribution in [0.15, 0.2) is 18.2 Å². The Morgan fingerprint density at radius 1 is 1.22 bits per heavy atom. The van der Waals surface area contributed by atoms with Crippen molar-refractivity contribution >= 4 is 40.6 Å². The lowest BCUT2D eigenvalue weighted by atomic mass is 10.0. The van der Waals surface area contributed by atoms with Crippen molar-refractivity contribution in [1.29, 1.82) is 0 Å². The van der Waals surface area contributed by atoms with Crippen LogP contribution in [0.1, 0.15) is 33.7 Å². The number of hydrogen-bond donors (Lipinski definition) is 1. The number of anilines is 1. The SMILES string of the molecule is O=Cc1nnc2c3c(cccc13)C(=O)N2C1CCC(=O)NC1=O. The number of rotatable bonds is 2. The molecule has 0 radical (unpaired) electrons. The first-order valence-corrected chi connectivity index (χ1v) is 7.03. The van der Waals surface area contributed by atoms with E-state index in [-0.39, 0.29) is 36.2 Å². The Labute approximate surface area is 129 Å². The number of imide groups is 1. The van der Waals surface area contributed by atoms with Gasteiger partial charge in [-0.05, 0) is 12.5 Å². The standard InChI is InChI=1S/C15H10N4O4/c20-6-9-7-2-1-3-8-12(7)13(18-17-9)19(15(8)23)10-4-5-11(21)16-14(10)22/h1-3,6,10H,4-5H2,(H,16,21,22). The summed E-state index contributed by atoms with van der Waals surface area (Å²) in [5.41, 5.74) is 0.517. The molecule has 2 aromatic rings. The van der Waals surface area contributed by atoms with E-state index >= 15 is 0 Å². The summed E-state index contributed by atoms with van der Waals surface area (Å²) < 4.78 is 0. The predicted octanol–water partition coefficient (Wildman–Crippen LogP) is 0.208. The fourth-order valence-corrected chi connectivity index (χ4v) is 3.09. The van der Waals surface area contributed by atoms with Gasteiger partial charge in [-0.25, -0.2) is 0 Å².